The van der Waals surface area contributed by atoms with E-state index in [4.69, 9.17) is 9.84 Å². The summed E-state index contributed by atoms with van der Waals surface area (Å²) in [5.74, 6) is 0.880. The Balaban J connectivity index is 2.25. The molecule has 0 saturated heterocycles. The summed E-state index contributed by atoms with van der Waals surface area (Å²) >= 11 is 1.63. The summed E-state index contributed by atoms with van der Waals surface area (Å²) in [6.45, 7) is 1.99. The minimum absolute atomic E-state index is 0.00819. The molecular formula is C13H15NO2S. The number of ether oxygens (including phenoxy) is 1. The molecule has 3 nitrogen and oxygen atoms in total. The minimum atomic E-state index is 0.00819. The van der Waals surface area contributed by atoms with Crippen molar-refractivity contribution >= 4 is 11.3 Å². The largest absolute Gasteiger partial charge is 0.496 e. The molecule has 2 aromatic rings. The second-order valence-electron chi connectivity index (χ2n) is 3.76. The van der Waals surface area contributed by atoms with Crippen LogP contribution in [0.4, 0.5) is 0 Å². The van der Waals surface area contributed by atoms with Gasteiger partial charge in [-0.25, -0.2) is 4.98 Å². The van der Waals surface area contributed by atoms with Crippen LogP contribution in [-0.2, 0) is 13.0 Å². The van der Waals surface area contributed by atoms with Crippen LogP contribution >= 0.6 is 11.3 Å². The van der Waals surface area contributed by atoms with E-state index in [1.807, 2.05) is 31.2 Å². The summed E-state index contributed by atoms with van der Waals surface area (Å²) < 4.78 is 5.31. The number of hydrogen-bond acceptors (Lipinski definition) is 4. The Morgan fingerprint density at radius 3 is 2.76 bits per heavy atom. The Morgan fingerprint density at radius 1 is 1.35 bits per heavy atom. The van der Waals surface area contributed by atoms with Crippen LogP contribution in [0.15, 0.2) is 24.3 Å². The third kappa shape index (κ3) is 2.65. The summed E-state index contributed by atoms with van der Waals surface area (Å²) in [7, 11) is 1.67. The zero-order chi connectivity index (χ0) is 12.3. The molecule has 1 aromatic heterocycles. The van der Waals surface area contributed by atoms with E-state index < -0.39 is 0 Å². The highest BCUT2D eigenvalue weighted by Crippen LogP contribution is 2.24. The summed E-state index contributed by atoms with van der Waals surface area (Å²) in [6, 6.07) is 7.93. The molecule has 1 heterocycles. The van der Waals surface area contributed by atoms with Gasteiger partial charge in [0.25, 0.3) is 0 Å². The van der Waals surface area contributed by atoms with E-state index in [9.17, 15) is 0 Å². The summed E-state index contributed by atoms with van der Waals surface area (Å²) in [5.41, 5.74) is 1.90. The standard InChI is InChI=1S/C13H15NO2S/c1-9-11(8-15)14-13(17-9)7-10-5-3-4-6-12(10)16-2/h3-6,15H,7-8H2,1-2H3. The first-order valence-electron chi connectivity index (χ1n) is 5.42. The summed E-state index contributed by atoms with van der Waals surface area (Å²) in [4.78, 5) is 5.49. The SMILES string of the molecule is COc1ccccc1Cc1nc(CO)c(C)s1. The van der Waals surface area contributed by atoms with Gasteiger partial charge >= 0.3 is 0 Å². The fraction of sp³-hybridized carbons (Fsp3) is 0.308. The van der Waals surface area contributed by atoms with Crippen LogP contribution in [0.2, 0.25) is 0 Å². The van der Waals surface area contributed by atoms with Crippen LogP contribution in [0.5, 0.6) is 5.75 Å². The topological polar surface area (TPSA) is 42.4 Å². The molecule has 17 heavy (non-hydrogen) atoms. The summed E-state index contributed by atoms with van der Waals surface area (Å²) in [5, 5.41) is 10.1. The van der Waals surface area contributed by atoms with Gasteiger partial charge in [-0.3, -0.25) is 0 Å². The fourth-order valence-corrected chi connectivity index (χ4v) is 2.69. The molecule has 0 aliphatic carbocycles. The number of aryl methyl sites for hydroxylation is 1. The number of thiazole rings is 1. The highest BCUT2D eigenvalue weighted by atomic mass is 32.1. The van der Waals surface area contributed by atoms with Crippen molar-refractivity contribution < 1.29 is 9.84 Å². The molecule has 0 radical (unpaired) electrons. The number of aliphatic hydroxyl groups is 1. The Labute approximate surface area is 105 Å². The summed E-state index contributed by atoms with van der Waals surface area (Å²) in [6.07, 6.45) is 0.746. The Kier molecular flexibility index (Phi) is 3.76. The first kappa shape index (κ1) is 12.1. The number of hydrogen-bond donors (Lipinski definition) is 1. The van der Waals surface area contributed by atoms with Crippen LogP contribution in [0.1, 0.15) is 21.1 Å². The van der Waals surface area contributed by atoms with Gasteiger partial charge in [0.15, 0.2) is 0 Å². The van der Waals surface area contributed by atoms with Crippen molar-refractivity contribution in [1.29, 1.82) is 0 Å². The van der Waals surface area contributed by atoms with Gasteiger partial charge in [-0.2, -0.15) is 0 Å². The number of para-hydroxylation sites is 1. The van der Waals surface area contributed by atoms with Gasteiger partial charge in [0.1, 0.15) is 5.75 Å². The average Bonchev–Trinajstić information content (AvgIpc) is 2.70. The van der Waals surface area contributed by atoms with Crippen molar-refractivity contribution in [2.75, 3.05) is 7.11 Å². The first-order valence-corrected chi connectivity index (χ1v) is 6.24. The van der Waals surface area contributed by atoms with E-state index in [2.05, 4.69) is 4.98 Å². The maximum absolute atomic E-state index is 9.12. The number of aliphatic hydroxyl groups excluding tert-OH is 1. The molecule has 0 aliphatic rings. The molecule has 1 aromatic carbocycles. The van der Waals surface area contributed by atoms with Gasteiger partial charge < -0.3 is 9.84 Å². The van der Waals surface area contributed by atoms with Crippen molar-refractivity contribution in [1.82, 2.24) is 4.98 Å². The van der Waals surface area contributed by atoms with Gasteiger partial charge in [-0.15, -0.1) is 11.3 Å². The minimum Gasteiger partial charge on any atom is -0.496 e. The molecule has 0 amide bonds. The van der Waals surface area contributed by atoms with Crippen LogP contribution in [0, 0.1) is 6.92 Å². The maximum atomic E-state index is 9.12. The van der Waals surface area contributed by atoms with Crippen molar-refractivity contribution in [2.24, 2.45) is 0 Å². The zero-order valence-electron chi connectivity index (χ0n) is 9.93. The van der Waals surface area contributed by atoms with Crippen molar-refractivity contribution in [2.45, 2.75) is 20.0 Å². The van der Waals surface area contributed by atoms with Gasteiger partial charge in [-0.05, 0) is 13.0 Å². The molecule has 0 atom stereocenters. The normalized spacial score (nSPS) is 10.5. The van der Waals surface area contributed by atoms with Crippen LogP contribution in [0.25, 0.3) is 0 Å². The number of benzene rings is 1. The smallest absolute Gasteiger partial charge is 0.122 e. The molecule has 0 aliphatic heterocycles. The third-order valence-electron chi connectivity index (χ3n) is 2.62. The van der Waals surface area contributed by atoms with Crippen molar-refractivity contribution in [3.05, 3.63) is 45.4 Å². The van der Waals surface area contributed by atoms with E-state index in [1.165, 1.54) is 0 Å². The number of methoxy groups -OCH3 is 1. The predicted octanol–water partition coefficient (Wildman–Crippen LogP) is 2.54. The lowest BCUT2D eigenvalue weighted by Crippen LogP contribution is -1.93. The second kappa shape index (κ2) is 5.29. The molecule has 1 N–H and O–H groups in total. The van der Waals surface area contributed by atoms with Crippen LogP contribution in [-0.4, -0.2) is 17.2 Å². The van der Waals surface area contributed by atoms with Crippen molar-refractivity contribution in [3.63, 3.8) is 0 Å². The van der Waals surface area contributed by atoms with Crippen molar-refractivity contribution in [3.8, 4) is 5.75 Å². The Hall–Kier alpha value is -1.39. The zero-order valence-corrected chi connectivity index (χ0v) is 10.8. The number of nitrogens with zero attached hydrogens (tertiary/aromatic N) is 1. The maximum Gasteiger partial charge on any atom is 0.122 e. The van der Waals surface area contributed by atoms with Crippen LogP contribution < -0.4 is 4.74 Å². The third-order valence-corrected chi connectivity index (χ3v) is 3.63. The molecule has 0 saturated carbocycles. The first-order chi connectivity index (χ1) is 8.24. The highest BCUT2D eigenvalue weighted by Gasteiger charge is 2.09. The molecule has 0 unspecified atom stereocenters. The van der Waals surface area contributed by atoms with Gasteiger partial charge in [0.05, 0.1) is 24.4 Å². The molecule has 0 bridgehead atoms. The predicted molar refractivity (Wildman–Crippen MR) is 68.6 cm³/mol. The lowest BCUT2D eigenvalue weighted by Gasteiger charge is -2.05. The van der Waals surface area contributed by atoms with Gasteiger partial charge in [0.2, 0.25) is 0 Å². The second-order valence-corrected chi connectivity index (χ2v) is 5.04. The van der Waals surface area contributed by atoms with E-state index in [0.717, 1.165) is 33.3 Å². The molecule has 4 heteroatoms. The quantitative estimate of drug-likeness (QED) is 0.905. The molecule has 0 spiro atoms. The monoisotopic (exact) mass is 249 g/mol. The van der Waals surface area contributed by atoms with Crippen LogP contribution in [0.3, 0.4) is 0 Å². The Morgan fingerprint density at radius 2 is 2.12 bits per heavy atom. The van der Waals surface area contributed by atoms with E-state index in [0.29, 0.717) is 0 Å². The van der Waals surface area contributed by atoms with E-state index in [1.54, 1.807) is 18.4 Å². The Bertz CT molecular complexity index is 508. The molecule has 2 rings (SSSR count). The fourth-order valence-electron chi connectivity index (χ4n) is 1.72. The van der Waals surface area contributed by atoms with E-state index in [-0.39, 0.29) is 6.61 Å². The lowest BCUT2D eigenvalue weighted by atomic mass is 10.1. The van der Waals surface area contributed by atoms with E-state index >= 15 is 0 Å². The van der Waals surface area contributed by atoms with Gasteiger partial charge in [-0.1, -0.05) is 18.2 Å². The lowest BCUT2D eigenvalue weighted by molar-refractivity contribution is 0.276. The van der Waals surface area contributed by atoms with Gasteiger partial charge in [0, 0.05) is 16.9 Å². The molecule has 0 fully saturated rings. The number of rotatable bonds is 4. The molecular weight excluding hydrogens is 234 g/mol. The highest BCUT2D eigenvalue weighted by molar-refractivity contribution is 7.11. The molecule has 90 valence electrons. The number of aromatic nitrogens is 1. The average molecular weight is 249 g/mol.